The third kappa shape index (κ3) is 8.32. The van der Waals surface area contributed by atoms with Crippen LogP contribution in [-0.2, 0) is 27.3 Å². The summed E-state index contributed by atoms with van der Waals surface area (Å²) >= 11 is 1.25. The molecule has 9 heteroatoms. The van der Waals surface area contributed by atoms with Crippen molar-refractivity contribution in [2.75, 3.05) is 12.3 Å². The number of carbonyl (C=O) groups excluding carboxylic acids is 3. The van der Waals surface area contributed by atoms with Gasteiger partial charge < -0.3 is 16.0 Å². The molecule has 2 unspecified atom stereocenters. The van der Waals surface area contributed by atoms with Gasteiger partial charge in [0.25, 0.3) is 0 Å². The first kappa shape index (κ1) is 23.7. The molecular formula is C23H27FN4O3S. The lowest BCUT2D eigenvalue weighted by Gasteiger charge is -2.30. The normalized spacial score (nSPS) is 18.0. The molecule has 0 aromatic heterocycles. The molecule has 3 rings (SSSR count). The van der Waals surface area contributed by atoms with E-state index in [4.69, 9.17) is 0 Å². The molecule has 1 aliphatic heterocycles. The molecule has 2 atom stereocenters. The molecule has 2 aromatic carbocycles. The van der Waals surface area contributed by atoms with E-state index in [1.54, 1.807) is 12.1 Å². The van der Waals surface area contributed by atoms with Gasteiger partial charge >= 0.3 is 0 Å². The molecule has 4 N–H and O–H groups in total. The van der Waals surface area contributed by atoms with Crippen molar-refractivity contribution >= 4 is 29.5 Å². The van der Waals surface area contributed by atoms with Crippen molar-refractivity contribution in [2.24, 2.45) is 0 Å². The highest BCUT2D eigenvalue weighted by Crippen LogP contribution is 2.14. The first-order valence-electron chi connectivity index (χ1n) is 10.5. The number of hydrogen-bond acceptors (Lipinski definition) is 5. The molecule has 1 aliphatic rings. The summed E-state index contributed by atoms with van der Waals surface area (Å²) in [5.74, 6) is -0.663. The Morgan fingerprint density at radius 1 is 1.00 bits per heavy atom. The van der Waals surface area contributed by atoms with Gasteiger partial charge in [0.1, 0.15) is 11.3 Å². The quantitative estimate of drug-likeness (QED) is 0.434. The van der Waals surface area contributed by atoms with Gasteiger partial charge in [-0.3, -0.25) is 19.7 Å². The molecule has 0 aliphatic carbocycles. The predicted octanol–water partition coefficient (Wildman–Crippen LogP) is 1.69. The second-order valence-electron chi connectivity index (χ2n) is 7.52. The van der Waals surface area contributed by atoms with Crippen LogP contribution in [0.25, 0.3) is 0 Å². The molecule has 3 amide bonds. The van der Waals surface area contributed by atoms with Gasteiger partial charge in [-0.2, -0.15) is 0 Å². The van der Waals surface area contributed by atoms with Crippen molar-refractivity contribution in [1.82, 2.24) is 21.3 Å². The highest BCUT2D eigenvalue weighted by atomic mass is 32.2. The standard InChI is InChI=1S/C23H27FN4O3S/c24-18-8-6-17(7-9-18)14-26-22(31)15-32-23-27-19(13-21(30)28-23)12-20(29)25-11-10-16-4-2-1-3-5-16/h1-9,19,23,27H,10-15H2,(H,25,29)(H,26,31)(H,28,30). The van der Waals surface area contributed by atoms with Crippen LogP contribution < -0.4 is 21.3 Å². The minimum atomic E-state index is -0.449. The minimum Gasteiger partial charge on any atom is -0.356 e. The highest BCUT2D eigenvalue weighted by molar-refractivity contribution is 8.00. The first-order valence-corrected chi connectivity index (χ1v) is 11.5. The lowest BCUT2D eigenvalue weighted by molar-refractivity contribution is -0.125. The van der Waals surface area contributed by atoms with Gasteiger partial charge in [-0.15, -0.1) is 11.8 Å². The Bertz CT molecular complexity index is 911. The van der Waals surface area contributed by atoms with E-state index in [9.17, 15) is 18.8 Å². The Morgan fingerprint density at radius 3 is 2.50 bits per heavy atom. The molecular weight excluding hydrogens is 431 g/mol. The van der Waals surface area contributed by atoms with E-state index in [0.717, 1.165) is 17.5 Å². The predicted molar refractivity (Wildman–Crippen MR) is 122 cm³/mol. The van der Waals surface area contributed by atoms with Gasteiger partial charge in [-0.1, -0.05) is 42.5 Å². The van der Waals surface area contributed by atoms with Crippen LogP contribution in [0.4, 0.5) is 4.39 Å². The zero-order valence-electron chi connectivity index (χ0n) is 17.6. The molecule has 1 saturated heterocycles. The number of benzene rings is 2. The van der Waals surface area contributed by atoms with Crippen molar-refractivity contribution < 1.29 is 18.8 Å². The van der Waals surface area contributed by atoms with Crippen LogP contribution in [0.5, 0.6) is 0 Å². The van der Waals surface area contributed by atoms with Crippen LogP contribution in [-0.4, -0.2) is 41.6 Å². The summed E-state index contributed by atoms with van der Waals surface area (Å²) < 4.78 is 12.9. The van der Waals surface area contributed by atoms with Gasteiger partial charge in [0, 0.05) is 32.0 Å². The molecule has 2 aromatic rings. The summed E-state index contributed by atoms with van der Waals surface area (Å²) in [6.45, 7) is 0.837. The monoisotopic (exact) mass is 458 g/mol. The Morgan fingerprint density at radius 2 is 1.75 bits per heavy atom. The van der Waals surface area contributed by atoms with Crippen LogP contribution in [0.2, 0.25) is 0 Å². The number of rotatable bonds is 10. The number of halogens is 1. The lowest BCUT2D eigenvalue weighted by Crippen LogP contribution is -2.56. The third-order valence-electron chi connectivity index (χ3n) is 4.91. The Balaban J connectivity index is 1.35. The Labute approximate surface area is 190 Å². The Kier molecular flexibility index (Phi) is 9.06. The molecule has 0 bridgehead atoms. The van der Waals surface area contributed by atoms with Crippen LogP contribution in [0.1, 0.15) is 24.0 Å². The molecule has 0 radical (unpaired) electrons. The van der Waals surface area contributed by atoms with E-state index in [2.05, 4.69) is 21.3 Å². The maximum Gasteiger partial charge on any atom is 0.230 e. The number of hydrogen-bond donors (Lipinski definition) is 4. The molecule has 0 saturated carbocycles. The van der Waals surface area contributed by atoms with E-state index >= 15 is 0 Å². The van der Waals surface area contributed by atoms with Crippen LogP contribution in [0.15, 0.2) is 54.6 Å². The van der Waals surface area contributed by atoms with Gasteiger partial charge in [-0.05, 0) is 29.7 Å². The second-order valence-corrected chi connectivity index (χ2v) is 8.61. The molecule has 1 heterocycles. The van der Waals surface area contributed by atoms with Crippen molar-refractivity contribution in [3.8, 4) is 0 Å². The molecule has 32 heavy (non-hydrogen) atoms. The van der Waals surface area contributed by atoms with Crippen molar-refractivity contribution in [2.45, 2.75) is 37.3 Å². The fraction of sp³-hybridized carbons (Fsp3) is 0.348. The fourth-order valence-corrected chi connectivity index (χ4v) is 4.19. The highest BCUT2D eigenvalue weighted by Gasteiger charge is 2.27. The van der Waals surface area contributed by atoms with Crippen molar-refractivity contribution in [1.29, 1.82) is 0 Å². The van der Waals surface area contributed by atoms with Gasteiger partial charge in [0.2, 0.25) is 17.7 Å². The van der Waals surface area contributed by atoms with E-state index < -0.39 is 5.50 Å². The smallest absolute Gasteiger partial charge is 0.230 e. The summed E-state index contributed by atoms with van der Waals surface area (Å²) in [5.41, 5.74) is 1.50. The van der Waals surface area contributed by atoms with E-state index in [-0.39, 0.29) is 48.2 Å². The van der Waals surface area contributed by atoms with Gasteiger partial charge in [-0.25, -0.2) is 4.39 Å². The maximum atomic E-state index is 12.9. The Hall–Kier alpha value is -2.91. The molecule has 0 spiro atoms. The summed E-state index contributed by atoms with van der Waals surface area (Å²) in [6, 6.07) is 15.5. The van der Waals surface area contributed by atoms with Crippen LogP contribution in [0, 0.1) is 5.82 Å². The molecule has 1 fully saturated rings. The summed E-state index contributed by atoms with van der Waals surface area (Å²) in [6.07, 6.45) is 1.15. The average Bonchev–Trinajstić information content (AvgIpc) is 2.77. The largest absolute Gasteiger partial charge is 0.356 e. The first-order chi connectivity index (χ1) is 15.5. The fourth-order valence-electron chi connectivity index (χ4n) is 3.26. The number of nitrogens with one attached hydrogen (secondary N) is 4. The number of amides is 3. The zero-order valence-corrected chi connectivity index (χ0v) is 18.4. The summed E-state index contributed by atoms with van der Waals surface area (Å²) in [4.78, 5) is 36.4. The summed E-state index contributed by atoms with van der Waals surface area (Å²) in [5, 5.41) is 11.6. The van der Waals surface area contributed by atoms with Crippen molar-refractivity contribution in [3.05, 3.63) is 71.5 Å². The average molecular weight is 459 g/mol. The lowest BCUT2D eigenvalue weighted by atomic mass is 10.1. The van der Waals surface area contributed by atoms with Gasteiger partial charge in [0.05, 0.1) is 5.75 Å². The summed E-state index contributed by atoms with van der Waals surface area (Å²) in [7, 11) is 0. The van der Waals surface area contributed by atoms with E-state index in [1.165, 1.54) is 23.9 Å². The van der Waals surface area contributed by atoms with Crippen LogP contribution in [0.3, 0.4) is 0 Å². The topological polar surface area (TPSA) is 99.3 Å². The number of carbonyl (C=O) groups is 3. The third-order valence-corrected chi connectivity index (χ3v) is 5.92. The zero-order chi connectivity index (χ0) is 22.8. The maximum absolute atomic E-state index is 12.9. The van der Waals surface area contributed by atoms with Crippen molar-refractivity contribution in [3.63, 3.8) is 0 Å². The number of thioether (sulfide) groups is 1. The van der Waals surface area contributed by atoms with Gasteiger partial charge in [0.15, 0.2) is 0 Å². The van der Waals surface area contributed by atoms with E-state index in [0.29, 0.717) is 13.1 Å². The van der Waals surface area contributed by atoms with Crippen LogP contribution >= 0.6 is 11.8 Å². The minimum absolute atomic E-state index is 0.117. The molecule has 7 nitrogen and oxygen atoms in total. The SMILES string of the molecule is O=C(CSC1NC(=O)CC(CC(=O)NCCc2ccccc2)N1)NCc1ccc(F)cc1. The molecule has 170 valence electrons. The second kappa shape index (κ2) is 12.2. The van der Waals surface area contributed by atoms with E-state index in [1.807, 2.05) is 30.3 Å².